The lowest BCUT2D eigenvalue weighted by molar-refractivity contribution is -0.274. The van der Waals surface area contributed by atoms with Crippen molar-refractivity contribution >= 4 is 17.5 Å². The van der Waals surface area contributed by atoms with Crippen molar-refractivity contribution in [2.75, 3.05) is 4.90 Å². The number of anilines is 1. The third-order valence-corrected chi connectivity index (χ3v) is 4.28. The van der Waals surface area contributed by atoms with Gasteiger partial charge in [-0.05, 0) is 37.1 Å². The zero-order chi connectivity index (χ0) is 16.0. The lowest BCUT2D eigenvalue weighted by Gasteiger charge is -2.21. The largest absolute Gasteiger partial charge is 0.573 e. The maximum atomic E-state index is 12.5. The number of nitrogens with zero attached hydrogens (tertiary/aromatic N) is 1. The molecule has 1 aliphatic heterocycles. The number of ether oxygens (including phenoxy) is 1. The molecule has 2 aliphatic rings. The van der Waals surface area contributed by atoms with E-state index in [0.29, 0.717) is 12.8 Å². The summed E-state index contributed by atoms with van der Waals surface area (Å²) >= 11 is 0. The van der Waals surface area contributed by atoms with Crippen molar-refractivity contribution in [3.63, 3.8) is 0 Å². The summed E-state index contributed by atoms with van der Waals surface area (Å²) in [5.74, 6) is -0.915. The van der Waals surface area contributed by atoms with Gasteiger partial charge in [-0.1, -0.05) is 12.8 Å². The molecular formula is C15H14F3NO3. The second-order valence-corrected chi connectivity index (χ2v) is 5.74. The predicted octanol–water partition coefficient (Wildman–Crippen LogP) is 3.41. The second kappa shape index (κ2) is 5.00. The molecule has 1 aliphatic carbocycles. The average molecular weight is 313 g/mol. The van der Waals surface area contributed by atoms with E-state index >= 15 is 0 Å². The van der Waals surface area contributed by atoms with Crippen LogP contribution in [0.1, 0.15) is 32.1 Å². The van der Waals surface area contributed by atoms with E-state index in [9.17, 15) is 22.8 Å². The van der Waals surface area contributed by atoms with Crippen molar-refractivity contribution in [3.05, 3.63) is 24.3 Å². The van der Waals surface area contributed by atoms with Crippen LogP contribution in [0.2, 0.25) is 0 Å². The second-order valence-electron chi connectivity index (χ2n) is 5.74. The first-order valence-electron chi connectivity index (χ1n) is 7.04. The molecule has 2 amide bonds. The van der Waals surface area contributed by atoms with Crippen LogP contribution in [0.3, 0.4) is 0 Å². The van der Waals surface area contributed by atoms with E-state index in [1.807, 2.05) is 0 Å². The summed E-state index contributed by atoms with van der Waals surface area (Å²) in [5, 5.41) is 0. The van der Waals surface area contributed by atoms with Crippen molar-refractivity contribution in [3.8, 4) is 5.75 Å². The van der Waals surface area contributed by atoms with Crippen LogP contribution in [0, 0.1) is 5.41 Å². The van der Waals surface area contributed by atoms with Gasteiger partial charge in [0.2, 0.25) is 11.8 Å². The van der Waals surface area contributed by atoms with Crippen LogP contribution >= 0.6 is 0 Å². The van der Waals surface area contributed by atoms with Gasteiger partial charge in [-0.3, -0.25) is 14.5 Å². The number of carbonyl (C=O) groups is 2. The molecule has 1 aromatic carbocycles. The highest BCUT2D eigenvalue weighted by atomic mass is 19.4. The average Bonchev–Trinajstić information content (AvgIpc) is 2.97. The Hall–Kier alpha value is -2.05. The molecule has 1 saturated carbocycles. The number of hydrogen-bond acceptors (Lipinski definition) is 3. The Bertz CT molecular complexity index is 603. The monoisotopic (exact) mass is 313 g/mol. The standard InChI is InChI=1S/C15H14F3NO3/c16-15(17,18)22-11-5-3-10(4-6-11)19-12(20)9-14(13(19)21)7-1-2-8-14/h3-6H,1-2,7-9H2. The molecular weight excluding hydrogens is 299 g/mol. The van der Waals surface area contributed by atoms with Gasteiger partial charge in [-0.15, -0.1) is 13.2 Å². The summed E-state index contributed by atoms with van der Waals surface area (Å²) in [6, 6.07) is 4.79. The van der Waals surface area contributed by atoms with Crippen LogP contribution in [-0.2, 0) is 9.59 Å². The zero-order valence-electron chi connectivity index (χ0n) is 11.7. The lowest BCUT2D eigenvalue weighted by atomic mass is 9.84. The summed E-state index contributed by atoms with van der Waals surface area (Å²) in [6.07, 6.45) is -1.34. The van der Waals surface area contributed by atoms with Gasteiger partial charge in [0.1, 0.15) is 5.75 Å². The fourth-order valence-electron chi connectivity index (χ4n) is 3.30. The van der Waals surface area contributed by atoms with Crippen LogP contribution in [0.15, 0.2) is 24.3 Å². The Morgan fingerprint density at radius 3 is 2.18 bits per heavy atom. The molecule has 7 heteroatoms. The molecule has 118 valence electrons. The minimum Gasteiger partial charge on any atom is -0.406 e. The van der Waals surface area contributed by atoms with Crippen molar-refractivity contribution in [2.45, 2.75) is 38.5 Å². The molecule has 1 heterocycles. The van der Waals surface area contributed by atoms with E-state index in [4.69, 9.17) is 0 Å². The molecule has 1 aromatic rings. The number of carbonyl (C=O) groups excluding carboxylic acids is 2. The Morgan fingerprint density at radius 1 is 1.05 bits per heavy atom. The van der Waals surface area contributed by atoms with E-state index < -0.39 is 11.8 Å². The number of benzene rings is 1. The zero-order valence-corrected chi connectivity index (χ0v) is 11.7. The van der Waals surface area contributed by atoms with Gasteiger partial charge in [-0.2, -0.15) is 0 Å². The fraction of sp³-hybridized carbons (Fsp3) is 0.467. The van der Waals surface area contributed by atoms with Crippen LogP contribution in [0.25, 0.3) is 0 Å². The lowest BCUT2D eigenvalue weighted by Crippen LogP contribution is -2.34. The number of hydrogen-bond donors (Lipinski definition) is 0. The van der Waals surface area contributed by atoms with E-state index in [0.717, 1.165) is 29.9 Å². The molecule has 1 saturated heterocycles. The van der Waals surface area contributed by atoms with Crippen LogP contribution in [0.5, 0.6) is 5.75 Å². The Labute approximate surface area is 124 Å². The van der Waals surface area contributed by atoms with Crippen LogP contribution in [0.4, 0.5) is 18.9 Å². The first-order chi connectivity index (χ1) is 10.3. The topological polar surface area (TPSA) is 46.6 Å². The van der Waals surface area contributed by atoms with E-state index in [1.54, 1.807) is 0 Å². The predicted molar refractivity (Wildman–Crippen MR) is 71.1 cm³/mol. The van der Waals surface area contributed by atoms with Crippen molar-refractivity contribution in [1.82, 2.24) is 0 Å². The number of amides is 2. The summed E-state index contributed by atoms with van der Waals surface area (Å²) in [5.41, 5.74) is -0.314. The number of halogens is 3. The Balaban J connectivity index is 1.82. The first kappa shape index (κ1) is 14.9. The summed E-state index contributed by atoms with van der Waals surface area (Å²) in [6.45, 7) is 0. The van der Waals surface area contributed by atoms with Gasteiger partial charge in [0, 0.05) is 6.42 Å². The third-order valence-electron chi connectivity index (χ3n) is 4.28. The summed E-state index contributed by atoms with van der Waals surface area (Å²) < 4.78 is 40.2. The van der Waals surface area contributed by atoms with Crippen molar-refractivity contribution in [2.24, 2.45) is 5.41 Å². The maximum absolute atomic E-state index is 12.5. The van der Waals surface area contributed by atoms with Crippen molar-refractivity contribution < 1.29 is 27.5 Å². The minimum atomic E-state index is -4.77. The van der Waals surface area contributed by atoms with E-state index in [2.05, 4.69) is 4.74 Å². The van der Waals surface area contributed by atoms with Crippen LogP contribution < -0.4 is 9.64 Å². The molecule has 0 unspecified atom stereocenters. The van der Waals surface area contributed by atoms with Gasteiger partial charge < -0.3 is 4.74 Å². The molecule has 0 bridgehead atoms. The molecule has 0 atom stereocenters. The molecule has 1 spiro atoms. The van der Waals surface area contributed by atoms with Crippen LogP contribution in [-0.4, -0.2) is 18.2 Å². The maximum Gasteiger partial charge on any atom is 0.573 e. The number of alkyl halides is 3. The highest BCUT2D eigenvalue weighted by Gasteiger charge is 2.53. The third kappa shape index (κ3) is 2.55. The first-order valence-corrected chi connectivity index (χ1v) is 7.04. The smallest absolute Gasteiger partial charge is 0.406 e. The van der Waals surface area contributed by atoms with Gasteiger partial charge in [-0.25, -0.2) is 0 Å². The molecule has 0 N–H and O–H groups in total. The van der Waals surface area contributed by atoms with E-state index in [1.165, 1.54) is 12.1 Å². The Morgan fingerprint density at radius 2 is 1.64 bits per heavy atom. The molecule has 22 heavy (non-hydrogen) atoms. The number of imide groups is 1. The van der Waals surface area contributed by atoms with E-state index in [-0.39, 0.29) is 29.7 Å². The highest BCUT2D eigenvalue weighted by molar-refractivity contribution is 6.22. The Kier molecular flexibility index (Phi) is 3.38. The van der Waals surface area contributed by atoms with Gasteiger partial charge in [0.15, 0.2) is 0 Å². The molecule has 4 nitrogen and oxygen atoms in total. The molecule has 2 fully saturated rings. The highest BCUT2D eigenvalue weighted by Crippen LogP contribution is 2.48. The summed E-state index contributed by atoms with van der Waals surface area (Å²) in [4.78, 5) is 25.8. The number of rotatable bonds is 2. The van der Waals surface area contributed by atoms with Gasteiger partial charge in [0.25, 0.3) is 0 Å². The SMILES string of the molecule is O=C1CC2(CCCC2)C(=O)N1c1ccc(OC(F)(F)F)cc1. The molecule has 3 rings (SSSR count). The summed E-state index contributed by atoms with van der Waals surface area (Å²) in [7, 11) is 0. The van der Waals surface area contributed by atoms with Crippen molar-refractivity contribution in [1.29, 1.82) is 0 Å². The van der Waals surface area contributed by atoms with Gasteiger partial charge in [0.05, 0.1) is 11.1 Å². The fourth-order valence-corrected chi connectivity index (χ4v) is 3.30. The minimum absolute atomic E-state index is 0.187. The van der Waals surface area contributed by atoms with Gasteiger partial charge >= 0.3 is 6.36 Å². The quantitative estimate of drug-likeness (QED) is 0.786. The normalized spacial score (nSPS) is 21.0. The molecule has 0 aromatic heterocycles. The molecule has 0 radical (unpaired) electrons.